The first-order valence-electron chi connectivity index (χ1n) is 8.99. The molecule has 1 fully saturated rings. The van der Waals surface area contributed by atoms with Gasteiger partial charge in [-0.2, -0.15) is 5.10 Å². The lowest BCUT2D eigenvalue weighted by molar-refractivity contribution is 0.583. The molecule has 0 radical (unpaired) electrons. The summed E-state index contributed by atoms with van der Waals surface area (Å²) in [5, 5.41) is 8.02. The van der Waals surface area contributed by atoms with Crippen LogP contribution in [0.4, 0.5) is 0 Å². The minimum atomic E-state index is 0.379. The Bertz CT molecular complexity index is 807. The first-order chi connectivity index (χ1) is 12.0. The van der Waals surface area contributed by atoms with Crippen molar-refractivity contribution in [3.63, 3.8) is 0 Å². The van der Waals surface area contributed by atoms with E-state index in [4.69, 9.17) is 5.73 Å². The van der Waals surface area contributed by atoms with Gasteiger partial charge in [-0.3, -0.25) is 0 Å². The van der Waals surface area contributed by atoms with Crippen LogP contribution in [0.2, 0.25) is 0 Å². The number of allylic oxidation sites excluding steroid dienone is 1. The van der Waals surface area contributed by atoms with E-state index in [0.29, 0.717) is 23.5 Å². The van der Waals surface area contributed by atoms with Crippen molar-refractivity contribution in [1.82, 2.24) is 14.9 Å². The zero-order chi connectivity index (χ0) is 17.8. The highest BCUT2D eigenvalue weighted by atomic mass is 15.2. The zero-order valence-corrected chi connectivity index (χ0v) is 15.1. The monoisotopic (exact) mass is 337 g/mol. The molecular formula is C20H27N5. The molecule has 2 aromatic heterocycles. The highest BCUT2D eigenvalue weighted by molar-refractivity contribution is 5.83. The van der Waals surface area contributed by atoms with Crippen LogP contribution in [-0.2, 0) is 0 Å². The van der Waals surface area contributed by atoms with Crippen LogP contribution in [-0.4, -0.2) is 21.9 Å². The smallest absolute Gasteiger partial charge is 0.118 e. The third-order valence-corrected chi connectivity index (χ3v) is 4.60. The van der Waals surface area contributed by atoms with Gasteiger partial charge in [0, 0.05) is 12.3 Å². The van der Waals surface area contributed by atoms with Crippen LogP contribution in [0.25, 0.3) is 11.2 Å². The molecule has 25 heavy (non-hydrogen) atoms. The van der Waals surface area contributed by atoms with Gasteiger partial charge in [0.25, 0.3) is 0 Å². The zero-order valence-electron chi connectivity index (χ0n) is 15.1. The second kappa shape index (κ2) is 7.55. The summed E-state index contributed by atoms with van der Waals surface area (Å²) in [6, 6.07) is 8.61. The summed E-state index contributed by atoms with van der Waals surface area (Å²) in [5.74, 6) is 1.07. The Morgan fingerprint density at radius 2 is 2.16 bits per heavy atom. The van der Waals surface area contributed by atoms with E-state index in [2.05, 4.69) is 41.9 Å². The average molecular weight is 337 g/mol. The second-order valence-corrected chi connectivity index (χ2v) is 6.94. The number of nitrogens with zero attached hydrogens (tertiary/aromatic N) is 3. The van der Waals surface area contributed by atoms with Gasteiger partial charge in [-0.15, -0.1) is 0 Å². The molecule has 2 aromatic rings. The van der Waals surface area contributed by atoms with Crippen molar-refractivity contribution >= 4 is 17.4 Å². The van der Waals surface area contributed by atoms with E-state index in [0.717, 1.165) is 16.9 Å². The van der Waals surface area contributed by atoms with Crippen LogP contribution in [0.15, 0.2) is 47.7 Å². The molecule has 132 valence electrons. The summed E-state index contributed by atoms with van der Waals surface area (Å²) in [6.07, 6.45) is 8.47. The molecule has 0 amide bonds. The molecule has 1 saturated carbocycles. The summed E-state index contributed by atoms with van der Waals surface area (Å²) in [4.78, 5) is 4.35. The second-order valence-electron chi connectivity index (χ2n) is 6.94. The highest BCUT2D eigenvalue weighted by Gasteiger charge is 2.14. The lowest BCUT2D eigenvalue weighted by atomic mass is 10.1. The Kier molecular flexibility index (Phi) is 5.22. The van der Waals surface area contributed by atoms with Crippen LogP contribution >= 0.6 is 0 Å². The maximum Gasteiger partial charge on any atom is 0.118 e. The fourth-order valence-corrected chi connectivity index (χ4v) is 3.17. The van der Waals surface area contributed by atoms with Crippen molar-refractivity contribution in [2.24, 2.45) is 10.7 Å². The number of nitrogens with one attached hydrogen (secondary N) is 1. The molecule has 0 spiro atoms. The molecular weight excluding hydrogens is 310 g/mol. The van der Waals surface area contributed by atoms with E-state index in [9.17, 15) is 0 Å². The van der Waals surface area contributed by atoms with Gasteiger partial charge in [-0.25, -0.2) is 9.51 Å². The summed E-state index contributed by atoms with van der Waals surface area (Å²) >= 11 is 0. The molecule has 0 bridgehead atoms. The van der Waals surface area contributed by atoms with Crippen molar-refractivity contribution in [3.8, 4) is 0 Å². The van der Waals surface area contributed by atoms with Crippen LogP contribution in [0, 0.1) is 0 Å². The van der Waals surface area contributed by atoms with Gasteiger partial charge in [-0.05, 0) is 43.0 Å². The van der Waals surface area contributed by atoms with Gasteiger partial charge in [-0.1, -0.05) is 39.3 Å². The van der Waals surface area contributed by atoms with Gasteiger partial charge in [0.05, 0.1) is 22.6 Å². The predicted molar refractivity (Wildman–Crippen MR) is 104 cm³/mol. The minimum Gasteiger partial charge on any atom is -0.397 e. The standard InChI is InChI=1S/C20H27N5/c1-14(2)19-13-17-9-6-10-20(25(17)24-19)18(21)11-12-22-15(3)23-16-7-4-5-8-16/h6,9-14,16,23H,3-5,7-8,21H2,1-2H3/b18-11-,22-12?. The summed E-state index contributed by atoms with van der Waals surface area (Å²) in [6.45, 7) is 8.23. The largest absolute Gasteiger partial charge is 0.397 e. The minimum absolute atomic E-state index is 0.379. The lowest BCUT2D eigenvalue weighted by Crippen LogP contribution is -2.23. The summed E-state index contributed by atoms with van der Waals surface area (Å²) < 4.78 is 1.89. The molecule has 5 nitrogen and oxygen atoms in total. The third-order valence-electron chi connectivity index (χ3n) is 4.60. The molecule has 1 aliphatic carbocycles. The number of rotatable bonds is 6. The van der Waals surface area contributed by atoms with Crippen LogP contribution in [0.1, 0.15) is 56.8 Å². The Hall–Kier alpha value is -2.56. The molecule has 0 aliphatic heterocycles. The Morgan fingerprint density at radius 3 is 2.88 bits per heavy atom. The normalized spacial score (nSPS) is 16.4. The Morgan fingerprint density at radius 1 is 1.40 bits per heavy atom. The first kappa shape index (κ1) is 17.3. The Balaban J connectivity index is 1.74. The topological polar surface area (TPSA) is 67.7 Å². The molecule has 0 aromatic carbocycles. The average Bonchev–Trinajstić information content (AvgIpc) is 3.23. The van der Waals surface area contributed by atoms with Crippen LogP contribution in [0.3, 0.4) is 0 Å². The van der Waals surface area contributed by atoms with Crippen molar-refractivity contribution in [1.29, 1.82) is 0 Å². The quantitative estimate of drug-likeness (QED) is 0.787. The maximum atomic E-state index is 6.26. The summed E-state index contributed by atoms with van der Waals surface area (Å²) in [5.41, 5.74) is 9.85. The molecule has 5 heteroatoms. The lowest BCUT2D eigenvalue weighted by Gasteiger charge is -2.11. The molecule has 3 rings (SSSR count). The van der Waals surface area contributed by atoms with E-state index < -0.39 is 0 Å². The number of fused-ring (bicyclic) bond motifs is 1. The van der Waals surface area contributed by atoms with E-state index in [1.807, 2.05) is 22.7 Å². The third kappa shape index (κ3) is 4.10. The van der Waals surface area contributed by atoms with Crippen molar-refractivity contribution in [3.05, 3.63) is 54.1 Å². The van der Waals surface area contributed by atoms with Crippen LogP contribution < -0.4 is 11.1 Å². The van der Waals surface area contributed by atoms with E-state index in [1.165, 1.54) is 25.7 Å². The van der Waals surface area contributed by atoms with E-state index in [-0.39, 0.29) is 0 Å². The SMILES string of the molecule is C=C(N=C/C=C(\N)c1cccc2cc(C(C)C)nn12)NC1CCCC1. The fourth-order valence-electron chi connectivity index (χ4n) is 3.17. The van der Waals surface area contributed by atoms with Crippen LogP contribution in [0.5, 0.6) is 0 Å². The number of aliphatic imine (C=N–C) groups is 1. The summed E-state index contributed by atoms with van der Waals surface area (Å²) in [7, 11) is 0. The molecule has 0 atom stereocenters. The van der Waals surface area contributed by atoms with Crippen molar-refractivity contribution < 1.29 is 0 Å². The van der Waals surface area contributed by atoms with Gasteiger partial charge >= 0.3 is 0 Å². The maximum absolute atomic E-state index is 6.26. The first-order valence-corrected chi connectivity index (χ1v) is 8.99. The Labute approximate surface area is 149 Å². The predicted octanol–water partition coefficient (Wildman–Crippen LogP) is 3.83. The van der Waals surface area contributed by atoms with Crippen molar-refractivity contribution in [2.45, 2.75) is 51.5 Å². The fraction of sp³-hybridized carbons (Fsp3) is 0.400. The van der Waals surface area contributed by atoms with Gasteiger partial charge < -0.3 is 11.1 Å². The molecule has 0 unspecified atom stereocenters. The number of hydrogen-bond donors (Lipinski definition) is 2. The van der Waals surface area contributed by atoms with Gasteiger partial charge in [0.15, 0.2) is 0 Å². The molecule has 0 saturated heterocycles. The van der Waals surface area contributed by atoms with E-state index >= 15 is 0 Å². The van der Waals surface area contributed by atoms with Gasteiger partial charge in [0.1, 0.15) is 5.82 Å². The molecule has 3 N–H and O–H groups in total. The number of nitrogens with two attached hydrogens (primary N) is 1. The van der Waals surface area contributed by atoms with Crippen molar-refractivity contribution in [2.75, 3.05) is 0 Å². The number of aromatic nitrogens is 2. The number of hydrogen-bond acceptors (Lipinski definition) is 4. The van der Waals surface area contributed by atoms with Gasteiger partial charge in [0.2, 0.25) is 0 Å². The molecule has 2 heterocycles. The number of pyridine rings is 1. The highest BCUT2D eigenvalue weighted by Crippen LogP contribution is 2.19. The molecule has 1 aliphatic rings. The van der Waals surface area contributed by atoms with E-state index in [1.54, 1.807) is 12.3 Å².